The zero-order valence-corrected chi connectivity index (χ0v) is 11.5. The second kappa shape index (κ2) is 6.03. The molecule has 2 atom stereocenters. The number of hydrogen-bond donors (Lipinski definition) is 3. The number of aliphatic hydroxyl groups excluding tert-OH is 2. The maximum absolute atomic E-state index is 10.8. The summed E-state index contributed by atoms with van der Waals surface area (Å²) in [5.41, 5.74) is 5.21. The molecule has 4 N–H and O–H groups in total. The number of hydrogen-bond acceptors (Lipinski definition) is 5. The minimum atomic E-state index is -1.69. The van der Waals surface area contributed by atoms with Crippen LogP contribution in [-0.2, 0) is 4.79 Å². The third-order valence-electron chi connectivity index (χ3n) is 2.41. The zero-order valence-electron chi connectivity index (χ0n) is 9.88. The van der Waals surface area contributed by atoms with Gasteiger partial charge in [-0.1, -0.05) is 15.9 Å². The van der Waals surface area contributed by atoms with E-state index in [4.69, 9.17) is 15.2 Å². The molecule has 0 aliphatic rings. The Hall–Kier alpha value is -1.31. The molecule has 1 aromatic carbocycles. The summed E-state index contributed by atoms with van der Waals surface area (Å²) in [4.78, 5) is 10.8. The first-order chi connectivity index (χ1) is 8.42. The molecule has 0 aliphatic carbocycles. The van der Waals surface area contributed by atoms with Crippen molar-refractivity contribution in [1.82, 2.24) is 0 Å². The van der Waals surface area contributed by atoms with E-state index in [1.54, 1.807) is 6.07 Å². The molecule has 0 saturated heterocycles. The molecule has 0 saturated carbocycles. The average Bonchev–Trinajstić information content (AvgIpc) is 2.36. The van der Waals surface area contributed by atoms with Gasteiger partial charge < -0.3 is 25.4 Å². The van der Waals surface area contributed by atoms with E-state index in [2.05, 4.69) is 15.9 Å². The Labute approximate surface area is 112 Å². The first-order valence-electron chi connectivity index (χ1n) is 4.99. The van der Waals surface area contributed by atoms with Crippen molar-refractivity contribution in [2.75, 3.05) is 14.2 Å². The van der Waals surface area contributed by atoms with E-state index < -0.39 is 18.1 Å². The smallest absolute Gasteiger partial charge is 0.249 e. The molecule has 0 radical (unpaired) electrons. The molecule has 0 bridgehead atoms. The first-order valence-corrected chi connectivity index (χ1v) is 5.78. The average molecular weight is 320 g/mol. The van der Waals surface area contributed by atoms with E-state index in [0.29, 0.717) is 16.0 Å². The van der Waals surface area contributed by atoms with E-state index >= 15 is 0 Å². The molecular weight excluding hydrogens is 306 g/mol. The highest BCUT2D eigenvalue weighted by Gasteiger charge is 2.26. The van der Waals surface area contributed by atoms with Gasteiger partial charge in [-0.25, -0.2) is 0 Å². The van der Waals surface area contributed by atoms with Crippen LogP contribution in [0.2, 0.25) is 0 Å². The third-order valence-corrected chi connectivity index (χ3v) is 3.10. The van der Waals surface area contributed by atoms with Crippen molar-refractivity contribution in [2.45, 2.75) is 12.2 Å². The second-order valence-corrected chi connectivity index (χ2v) is 4.38. The Kier molecular flexibility index (Phi) is 4.94. The molecule has 1 rings (SSSR count). The number of aliphatic hydroxyl groups is 2. The van der Waals surface area contributed by atoms with Gasteiger partial charge in [-0.2, -0.15) is 0 Å². The number of carbonyl (C=O) groups excluding carboxylic acids is 1. The minimum Gasteiger partial charge on any atom is -0.493 e. The molecule has 0 spiro atoms. The molecule has 2 unspecified atom stereocenters. The van der Waals surface area contributed by atoms with Gasteiger partial charge in [-0.3, -0.25) is 4.79 Å². The van der Waals surface area contributed by atoms with E-state index in [0.717, 1.165) is 0 Å². The number of nitrogens with two attached hydrogens (primary N) is 1. The topological polar surface area (TPSA) is 102 Å². The minimum absolute atomic E-state index is 0.277. The van der Waals surface area contributed by atoms with E-state index in [1.165, 1.54) is 20.3 Å². The van der Waals surface area contributed by atoms with Gasteiger partial charge in [0.25, 0.3) is 0 Å². The highest BCUT2D eigenvalue weighted by atomic mass is 79.9. The Morgan fingerprint density at radius 2 is 1.78 bits per heavy atom. The van der Waals surface area contributed by atoms with Gasteiger partial charge in [0.15, 0.2) is 17.6 Å². The number of halogens is 1. The van der Waals surface area contributed by atoms with Crippen molar-refractivity contribution in [3.05, 3.63) is 22.2 Å². The van der Waals surface area contributed by atoms with Gasteiger partial charge >= 0.3 is 0 Å². The number of amides is 1. The number of benzene rings is 1. The Balaban J connectivity index is 3.20. The van der Waals surface area contributed by atoms with Crippen molar-refractivity contribution >= 4 is 21.8 Å². The number of primary amides is 1. The summed E-state index contributed by atoms with van der Waals surface area (Å²) < 4.78 is 10.6. The summed E-state index contributed by atoms with van der Waals surface area (Å²) in [7, 11) is 2.91. The maximum Gasteiger partial charge on any atom is 0.249 e. The number of carbonyl (C=O) groups is 1. The van der Waals surface area contributed by atoms with Crippen molar-refractivity contribution in [2.24, 2.45) is 5.73 Å². The van der Waals surface area contributed by atoms with E-state index in [-0.39, 0.29) is 5.56 Å². The number of methoxy groups -OCH3 is 2. The fourth-order valence-corrected chi connectivity index (χ4v) is 1.98. The molecule has 6 nitrogen and oxygen atoms in total. The van der Waals surface area contributed by atoms with Crippen molar-refractivity contribution in [3.8, 4) is 11.5 Å². The summed E-state index contributed by atoms with van der Waals surface area (Å²) in [5.74, 6) is -0.190. The van der Waals surface area contributed by atoms with Gasteiger partial charge in [0.2, 0.25) is 5.91 Å². The molecule has 0 aliphatic heterocycles. The maximum atomic E-state index is 10.8. The summed E-state index contributed by atoms with van der Waals surface area (Å²) in [6, 6.07) is 3.02. The van der Waals surface area contributed by atoms with Crippen LogP contribution in [0.4, 0.5) is 0 Å². The van der Waals surface area contributed by atoms with Gasteiger partial charge in [0.1, 0.15) is 6.10 Å². The summed E-state index contributed by atoms with van der Waals surface area (Å²) in [6.45, 7) is 0. The van der Waals surface area contributed by atoms with Crippen molar-refractivity contribution in [3.63, 3.8) is 0 Å². The molecule has 1 aromatic rings. The van der Waals surface area contributed by atoms with Gasteiger partial charge in [-0.05, 0) is 12.1 Å². The van der Waals surface area contributed by atoms with Gasteiger partial charge in [-0.15, -0.1) is 0 Å². The zero-order chi connectivity index (χ0) is 13.9. The molecular formula is C11H14BrNO5. The predicted octanol–water partition coefficient (Wildman–Crippen LogP) is 0.346. The predicted molar refractivity (Wildman–Crippen MR) is 67.4 cm³/mol. The van der Waals surface area contributed by atoms with E-state index in [9.17, 15) is 15.0 Å². The van der Waals surface area contributed by atoms with Crippen LogP contribution < -0.4 is 15.2 Å². The fraction of sp³-hybridized carbons (Fsp3) is 0.364. The molecule has 18 heavy (non-hydrogen) atoms. The normalized spacial score (nSPS) is 13.8. The van der Waals surface area contributed by atoms with Crippen LogP contribution in [0.15, 0.2) is 16.6 Å². The first kappa shape index (κ1) is 14.7. The summed E-state index contributed by atoms with van der Waals surface area (Å²) in [6.07, 6.45) is -3.14. The van der Waals surface area contributed by atoms with Crippen LogP contribution in [0, 0.1) is 0 Å². The van der Waals surface area contributed by atoms with Gasteiger partial charge in [0.05, 0.1) is 14.2 Å². The highest BCUT2D eigenvalue weighted by Crippen LogP contribution is 2.36. The molecule has 7 heteroatoms. The third kappa shape index (κ3) is 2.92. The molecule has 1 amide bonds. The highest BCUT2D eigenvalue weighted by molar-refractivity contribution is 9.10. The molecule has 0 fully saturated rings. The Bertz CT molecular complexity index is 451. The lowest BCUT2D eigenvalue weighted by Gasteiger charge is -2.18. The van der Waals surface area contributed by atoms with Crippen LogP contribution >= 0.6 is 15.9 Å². The Morgan fingerprint density at radius 3 is 2.22 bits per heavy atom. The quantitative estimate of drug-likeness (QED) is 0.726. The number of ether oxygens (including phenoxy) is 2. The van der Waals surface area contributed by atoms with E-state index in [1.807, 2.05) is 0 Å². The van der Waals surface area contributed by atoms with Gasteiger partial charge in [0, 0.05) is 10.0 Å². The monoisotopic (exact) mass is 319 g/mol. The number of rotatable bonds is 5. The largest absolute Gasteiger partial charge is 0.493 e. The van der Waals surface area contributed by atoms with Crippen molar-refractivity contribution < 1.29 is 24.5 Å². The van der Waals surface area contributed by atoms with Crippen LogP contribution in [0.3, 0.4) is 0 Å². The van der Waals surface area contributed by atoms with Crippen LogP contribution in [0.5, 0.6) is 11.5 Å². The van der Waals surface area contributed by atoms with Crippen LogP contribution in [0.1, 0.15) is 11.7 Å². The fourth-order valence-electron chi connectivity index (χ4n) is 1.42. The van der Waals surface area contributed by atoms with Crippen LogP contribution in [0.25, 0.3) is 0 Å². The lowest BCUT2D eigenvalue weighted by atomic mass is 10.0. The Morgan fingerprint density at radius 1 is 1.28 bits per heavy atom. The molecule has 0 heterocycles. The van der Waals surface area contributed by atoms with Crippen molar-refractivity contribution in [1.29, 1.82) is 0 Å². The lowest BCUT2D eigenvalue weighted by Crippen LogP contribution is -2.34. The molecule has 100 valence electrons. The standard InChI is InChI=1S/C11H14BrNO5/c1-17-7-3-5(6(12)4-8(7)18-2)9(14)10(15)11(13)16/h3-4,9-10,14-15H,1-2H3,(H2,13,16). The summed E-state index contributed by atoms with van der Waals surface area (Å²) in [5, 5.41) is 19.3. The lowest BCUT2D eigenvalue weighted by molar-refractivity contribution is -0.132. The second-order valence-electron chi connectivity index (χ2n) is 3.52. The molecule has 0 aromatic heterocycles. The SMILES string of the molecule is COc1cc(Br)c(C(O)C(O)C(N)=O)cc1OC. The summed E-state index contributed by atoms with van der Waals surface area (Å²) >= 11 is 3.21. The van der Waals surface area contributed by atoms with Crippen LogP contribution in [-0.4, -0.2) is 36.4 Å².